The van der Waals surface area contributed by atoms with Gasteiger partial charge in [-0.3, -0.25) is 5.10 Å². The van der Waals surface area contributed by atoms with E-state index in [2.05, 4.69) is 30.7 Å². The topological polar surface area (TPSA) is 85.2 Å². The monoisotopic (exact) mass is 303 g/mol. The summed E-state index contributed by atoms with van der Waals surface area (Å²) in [6.07, 6.45) is 1.57. The molecule has 0 aliphatic rings. The summed E-state index contributed by atoms with van der Waals surface area (Å²) in [6, 6.07) is 19.5. The number of aromatic amines is 1. The summed E-state index contributed by atoms with van der Waals surface area (Å²) in [7, 11) is 0. The molecule has 0 aliphatic carbocycles. The zero-order valence-corrected chi connectivity index (χ0v) is 12.1. The second-order valence-electron chi connectivity index (χ2n) is 5.01. The Kier molecular flexibility index (Phi) is 3.36. The molecule has 1 N–H and O–H groups in total. The summed E-state index contributed by atoms with van der Waals surface area (Å²) in [4.78, 5) is 4.63. The Balaban J connectivity index is 1.78. The summed E-state index contributed by atoms with van der Waals surface area (Å²) in [5, 5.41) is 18.8. The molecule has 4 aromatic rings. The lowest BCUT2D eigenvalue weighted by atomic mass is 10.1. The molecule has 7 nitrogen and oxygen atoms in total. The zero-order valence-electron chi connectivity index (χ0n) is 12.1. The maximum absolute atomic E-state index is 4.63. The van der Waals surface area contributed by atoms with Crippen LogP contribution in [0.2, 0.25) is 0 Å². The first kappa shape index (κ1) is 13.3. The van der Waals surface area contributed by atoms with Crippen LogP contribution in [0.1, 0.15) is 17.4 Å². The molecule has 0 radical (unpaired) electrons. The van der Waals surface area contributed by atoms with Crippen molar-refractivity contribution in [1.29, 1.82) is 0 Å². The van der Waals surface area contributed by atoms with Crippen LogP contribution in [-0.4, -0.2) is 35.4 Å². The number of aromatic nitrogens is 7. The molecule has 2 aromatic carbocycles. The van der Waals surface area contributed by atoms with Gasteiger partial charge in [-0.25, -0.2) is 9.67 Å². The minimum atomic E-state index is -0.254. The van der Waals surface area contributed by atoms with Crippen LogP contribution in [0.4, 0.5) is 0 Å². The van der Waals surface area contributed by atoms with E-state index in [-0.39, 0.29) is 6.04 Å². The van der Waals surface area contributed by atoms with Gasteiger partial charge in [0.05, 0.1) is 0 Å². The van der Waals surface area contributed by atoms with E-state index in [1.807, 2.05) is 60.7 Å². The maximum atomic E-state index is 4.63. The first-order valence-corrected chi connectivity index (χ1v) is 7.17. The normalized spacial score (nSPS) is 12.2. The van der Waals surface area contributed by atoms with Crippen LogP contribution in [0.5, 0.6) is 0 Å². The Morgan fingerprint density at radius 3 is 2.35 bits per heavy atom. The highest BCUT2D eigenvalue weighted by Gasteiger charge is 2.21. The molecule has 7 heteroatoms. The molecule has 0 amide bonds. The highest BCUT2D eigenvalue weighted by molar-refractivity contribution is 5.54. The predicted molar refractivity (Wildman–Crippen MR) is 83.3 cm³/mol. The number of rotatable bonds is 4. The van der Waals surface area contributed by atoms with Crippen molar-refractivity contribution < 1.29 is 0 Å². The fraction of sp³-hybridized carbons (Fsp3) is 0.0625. The van der Waals surface area contributed by atoms with Crippen molar-refractivity contribution in [2.75, 3.05) is 0 Å². The molecular weight excluding hydrogens is 290 g/mol. The number of hydrogen-bond donors (Lipinski definition) is 1. The molecular formula is C16H13N7. The summed E-state index contributed by atoms with van der Waals surface area (Å²) in [5.74, 6) is 1.33. The maximum Gasteiger partial charge on any atom is 0.181 e. The van der Waals surface area contributed by atoms with Crippen molar-refractivity contribution >= 4 is 0 Å². The van der Waals surface area contributed by atoms with Gasteiger partial charge >= 0.3 is 0 Å². The van der Waals surface area contributed by atoms with Crippen molar-refractivity contribution in [3.8, 4) is 11.4 Å². The van der Waals surface area contributed by atoms with Crippen molar-refractivity contribution in [3.63, 3.8) is 0 Å². The Labute approximate surface area is 132 Å². The van der Waals surface area contributed by atoms with Gasteiger partial charge in [-0.05, 0) is 16.0 Å². The quantitative estimate of drug-likeness (QED) is 0.624. The van der Waals surface area contributed by atoms with Crippen LogP contribution in [-0.2, 0) is 0 Å². The molecule has 23 heavy (non-hydrogen) atoms. The van der Waals surface area contributed by atoms with Gasteiger partial charge in [-0.15, -0.1) is 5.10 Å². The Hall–Kier alpha value is -3.35. The minimum absolute atomic E-state index is 0.254. The smallest absolute Gasteiger partial charge is 0.181 e. The van der Waals surface area contributed by atoms with Gasteiger partial charge in [0.1, 0.15) is 12.4 Å². The van der Waals surface area contributed by atoms with Crippen molar-refractivity contribution in [2.24, 2.45) is 0 Å². The number of hydrogen-bond acceptors (Lipinski definition) is 5. The molecule has 0 fully saturated rings. The van der Waals surface area contributed by atoms with E-state index in [1.165, 1.54) is 0 Å². The predicted octanol–water partition coefficient (Wildman–Crippen LogP) is 2.10. The van der Waals surface area contributed by atoms with Gasteiger partial charge in [0.25, 0.3) is 0 Å². The SMILES string of the molecule is c1ccc(-c2n[nH]c([C@@H](c3ccccc3)n3cnnn3)n2)cc1. The summed E-state index contributed by atoms with van der Waals surface area (Å²) in [6.45, 7) is 0. The number of nitrogens with zero attached hydrogens (tertiary/aromatic N) is 6. The lowest BCUT2D eigenvalue weighted by Gasteiger charge is -2.13. The van der Waals surface area contributed by atoms with Gasteiger partial charge in [-0.1, -0.05) is 60.7 Å². The Bertz CT molecular complexity index is 869. The second kappa shape index (κ2) is 5.80. The first-order valence-electron chi connectivity index (χ1n) is 7.17. The van der Waals surface area contributed by atoms with E-state index in [4.69, 9.17) is 0 Å². The standard InChI is InChI=1S/C16H13N7/c1-3-7-12(8-4-1)14(23-11-17-21-22-23)16-18-15(19-20-16)13-9-5-2-6-10-13/h1-11,14H,(H,18,19,20)/t14-/m1/s1. The van der Waals surface area contributed by atoms with Crippen LogP contribution in [0, 0.1) is 0 Å². The van der Waals surface area contributed by atoms with E-state index < -0.39 is 0 Å². The van der Waals surface area contributed by atoms with Crippen LogP contribution >= 0.6 is 0 Å². The molecule has 0 aliphatic heterocycles. The third-order valence-corrected chi connectivity index (χ3v) is 3.54. The molecule has 0 bridgehead atoms. The van der Waals surface area contributed by atoms with Crippen molar-refractivity contribution in [1.82, 2.24) is 35.4 Å². The number of tetrazole rings is 1. The lowest BCUT2D eigenvalue weighted by Crippen LogP contribution is -2.14. The van der Waals surface area contributed by atoms with Gasteiger partial charge in [0, 0.05) is 5.56 Å². The molecule has 2 heterocycles. The molecule has 0 unspecified atom stereocenters. The minimum Gasteiger partial charge on any atom is -0.261 e. The number of benzene rings is 2. The fourth-order valence-electron chi connectivity index (χ4n) is 2.47. The molecule has 2 aromatic heterocycles. The van der Waals surface area contributed by atoms with E-state index in [0.29, 0.717) is 11.6 Å². The number of H-pyrrole nitrogens is 1. The van der Waals surface area contributed by atoms with Crippen LogP contribution in [0.25, 0.3) is 11.4 Å². The van der Waals surface area contributed by atoms with Gasteiger partial charge in [-0.2, -0.15) is 5.10 Å². The molecule has 0 saturated heterocycles. The molecule has 4 rings (SSSR count). The molecule has 1 atom stereocenters. The lowest BCUT2D eigenvalue weighted by molar-refractivity contribution is 0.547. The summed E-state index contributed by atoms with van der Waals surface area (Å²) in [5.41, 5.74) is 1.98. The first-order chi connectivity index (χ1) is 11.4. The van der Waals surface area contributed by atoms with Crippen molar-refractivity contribution in [3.05, 3.63) is 78.4 Å². The van der Waals surface area contributed by atoms with Gasteiger partial charge in [0.2, 0.25) is 0 Å². The zero-order chi connectivity index (χ0) is 15.5. The molecule has 112 valence electrons. The van der Waals surface area contributed by atoms with E-state index >= 15 is 0 Å². The molecule has 0 saturated carbocycles. The largest absolute Gasteiger partial charge is 0.261 e. The average molecular weight is 303 g/mol. The van der Waals surface area contributed by atoms with Gasteiger partial charge < -0.3 is 0 Å². The van der Waals surface area contributed by atoms with Crippen LogP contribution < -0.4 is 0 Å². The average Bonchev–Trinajstić information content (AvgIpc) is 3.30. The highest BCUT2D eigenvalue weighted by Crippen LogP contribution is 2.24. The van der Waals surface area contributed by atoms with E-state index in [1.54, 1.807) is 11.0 Å². The van der Waals surface area contributed by atoms with Crippen molar-refractivity contribution in [2.45, 2.75) is 6.04 Å². The molecule has 0 spiro atoms. The Morgan fingerprint density at radius 1 is 0.913 bits per heavy atom. The highest BCUT2D eigenvalue weighted by atomic mass is 15.5. The third kappa shape index (κ3) is 2.59. The Morgan fingerprint density at radius 2 is 1.65 bits per heavy atom. The van der Waals surface area contributed by atoms with Crippen LogP contribution in [0.15, 0.2) is 67.0 Å². The summed E-state index contributed by atoms with van der Waals surface area (Å²) < 4.78 is 1.66. The fourth-order valence-corrected chi connectivity index (χ4v) is 2.47. The summed E-state index contributed by atoms with van der Waals surface area (Å²) >= 11 is 0. The van der Waals surface area contributed by atoms with Crippen LogP contribution in [0.3, 0.4) is 0 Å². The second-order valence-corrected chi connectivity index (χ2v) is 5.01. The van der Waals surface area contributed by atoms with E-state index in [0.717, 1.165) is 11.1 Å². The number of nitrogens with one attached hydrogen (secondary N) is 1. The third-order valence-electron chi connectivity index (χ3n) is 3.54. The van der Waals surface area contributed by atoms with Gasteiger partial charge in [0.15, 0.2) is 11.6 Å². The van der Waals surface area contributed by atoms with E-state index in [9.17, 15) is 0 Å².